The van der Waals surface area contributed by atoms with E-state index in [1.54, 1.807) is 0 Å². The van der Waals surface area contributed by atoms with E-state index in [2.05, 4.69) is 51.8 Å². The van der Waals surface area contributed by atoms with E-state index in [1.165, 1.54) is 25.8 Å². The Bertz CT molecular complexity index is 223. The minimum Gasteiger partial charge on any atom is -0.309 e. The third kappa shape index (κ3) is 4.97. The molecular formula is C15H32N2. The molecule has 17 heavy (non-hydrogen) atoms. The third-order valence-corrected chi connectivity index (χ3v) is 3.99. The van der Waals surface area contributed by atoms with Gasteiger partial charge in [-0.05, 0) is 40.0 Å². The van der Waals surface area contributed by atoms with Gasteiger partial charge in [-0.25, -0.2) is 0 Å². The molecule has 0 radical (unpaired) electrons. The van der Waals surface area contributed by atoms with Crippen molar-refractivity contribution in [2.75, 3.05) is 13.1 Å². The van der Waals surface area contributed by atoms with Crippen LogP contribution in [0.15, 0.2) is 0 Å². The first-order valence-electron chi connectivity index (χ1n) is 7.32. The summed E-state index contributed by atoms with van der Waals surface area (Å²) in [5.41, 5.74) is 0.277. The second-order valence-corrected chi connectivity index (χ2v) is 6.96. The fourth-order valence-electron chi connectivity index (χ4n) is 2.79. The molecule has 1 saturated heterocycles. The summed E-state index contributed by atoms with van der Waals surface area (Å²) in [6.45, 7) is 16.3. The fourth-order valence-corrected chi connectivity index (χ4v) is 2.79. The molecule has 2 heteroatoms. The van der Waals surface area contributed by atoms with Crippen LogP contribution in [0, 0.1) is 5.92 Å². The second-order valence-electron chi connectivity index (χ2n) is 6.96. The third-order valence-electron chi connectivity index (χ3n) is 3.99. The Morgan fingerprint density at radius 1 is 1.24 bits per heavy atom. The molecule has 1 heterocycles. The zero-order valence-corrected chi connectivity index (χ0v) is 12.7. The highest BCUT2D eigenvalue weighted by Crippen LogP contribution is 2.21. The van der Waals surface area contributed by atoms with Gasteiger partial charge >= 0.3 is 0 Å². The number of nitrogens with zero attached hydrogens (tertiary/aromatic N) is 1. The maximum Gasteiger partial charge on any atom is 0.0253 e. The standard InChI is InChI=1S/C15H32N2/c1-12(2)8-7-9-13(3)17-11-15(5,6)16-10-14(17)4/h12-14,16H,7-11H2,1-6H3. The van der Waals surface area contributed by atoms with E-state index in [0.717, 1.165) is 18.5 Å². The predicted octanol–water partition coefficient (Wildman–Crippen LogP) is 3.27. The number of hydrogen-bond donors (Lipinski definition) is 1. The summed E-state index contributed by atoms with van der Waals surface area (Å²) in [5, 5.41) is 3.63. The van der Waals surface area contributed by atoms with Crippen molar-refractivity contribution in [2.45, 2.75) is 78.4 Å². The molecule has 2 atom stereocenters. The number of hydrogen-bond acceptors (Lipinski definition) is 2. The first-order valence-corrected chi connectivity index (χ1v) is 7.32. The van der Waals surface area contributed by atoms with Gasteiger partial charge < -0.3 is 5.32 Å². The zero-order valence-electron chi connectivity index (χ0n) is 12.7. The number of piperazine rings is 1. The van der Waals surface area contributed by atoms with Gasteiger partial charge in [-0.15, -0.1) is 0 Å². The van der Waals surface area contributed by atoms with Crippen molar-refractivity contribution in [1.29, 1.82) is 0 Å². The number of nitrogens with one attached hydrogen (secondary N) is 1. The minimum absolute atomic E-state index is 0.277. The lowest BCUT2D eigenvalue weighted by atomic mass is 9.95. The molecule has 0 aromatic rings. The summed E-state index contributed by atoms with van der Waals surface area (Å²) >= 11 is 0. The van der Waals surface area contributed by atoms with Crippen LogP contribution < -0.4 is 5.32 Å². The summed E-state index contributed by atoms with van der Waals surface area (Å²) in [6, 6.07) is 1.40. The molecule has 0 aromatic heterocycles. The van der Waals surface area contributed by atoms with Crippen LogP contribution in [0.5, 0.6) is 0 Å². The first-order chi connectivity index (χ1) is 7.82. The highest BCUT2D eigenvalue weighted by molar-refractivity contribution is 4.92. The average Bonchev–Trinajstić information content (AvgIpc) is 2.21. The normalized spacial score (nSPS) is 27.4. The van der Waals surface area contributed by atoms with E-state index in [-0.39, 0.29) is 5.54 Å². The molecule has 2 nitrogen and oxygen atoms in total. The molecule has 1 fully saturated rings. The van der Waals surface area contributed by atoms with Gasteiger partial charge in [0, 0.05) is 30.7 Å². The summed E-state index contributed by atoms with van der Waals surface area (Å²) < 4.78 is 0. The molecule has 1 N–H and O–H groups in total. The fraction of sp³-hybridized carbons (Fsp3) is 1.00. The smallest absolute Gasteiger partial charge is 0.0253 e. The van der Waals surface area contributed by atoms with Crippen molar-refractivity contribution in [3.8, 4) is 0 Å². The van der Waals surface area contributed by atoms with Crippen molar-refractivity contribution in [3.63, 3.8) is 0 Å². The van der Waals surface area contributed by atoms with Gasteiger partial charge in [0.25, 0.3) is 0 Å². The number of rotatable bonds is 5. The molecule has 0 aromatic carbocycles. The van der Waals surface area contributed by atoms with Gasteiger partial charge in [0.2, 0.25) is 0 Å². The average molecular weight is 240 g/mol. The molecule has 0 spiro atoms. The van der Waals surface area contributed by atoms with E-state index in [0.29, 0.717) is 6.04 Å². The SMILES string of the molecule is CC(C)CCCC(C)N1CC(C)(C)NCC1C. The van der Waals surface area contributed by atoms with Gasteiger partial charge in [0.1, 0.15) is 0 Å². The highest BCUT2D eigenvalue weighted by Gasteiger charge is 2.32. The lowest BCUT2D eigenvalue weighted by Crippen LogP contribution is -2.62. The Morgan fingerprint density at radius 2 is 1.88 bits per heavy atom. The van der Waals surface area contributed by atoms with Gasteiger partial charge in [-0.1, -0.05) is 26.7 Å². The molecule has 102 valence electrons. The van der Waals surface area contributed by atoms with E-state index in [4.69, 9.17) is 0 Å². The molecule has 1 rings (SSSR count). The van der Waals surface area contributed by atoms with Crippen molar-refractivity contribution in [2.24, 2.45) is 5.92 Å². The van der Waals surface area contributed by atoms with Crippen LogP contribution in [-0.4, -0.2) is 35.6 Å². The van der Waals surface area contributed by atoms with Gasteiger partial charge in [0.15, 0.2) is 0 Å². The molecule has 0 aliphatic carbocycles. The lowest BCUT2D eigenvalue weighted by Gasteiger charge is -2.46. The van der Waals surface area contributed by atoms with Gasteiger partial charge in [0.05, 0.1) is 0 Å². The maximum atomic E-state index is 3.63. The predicted molar refractivity (Wildman–Crippen MR) is 76.4 cm³/mol. The zero-order chi connectivity index (χ0) is 13.1. The largest absolute Gasteiger partial charge is 0.309 e. The van der Waals surface area contributed by atoms with E-state index < -0.39 is 0 Å². The molecule has 2 unspecified atom stereocenters. The molecule has 1 aliphatic rings. The molecule has 0 bridgehead atoms. The van der Waals surface area contributed by atoms with Gasteiger partial charge in [-0.3, -0.25) is 4.90 Å². The van der Waals surface area contributed by atoms with Crippen molar-refractivity contribution in [1.82, 2.24) is 10.2 Å². The highest BCUT2D eigenvalue weighted by atomic mass is 15.3. The Kier molecular flexibility index (Phi) is 5.46. The minimum atomic E-state index is 0.277. The van der Waals surface area contributed by atoms with E-state index in [9.17, 15) is 0 Å². The van der Waals surface area contributed by atoms with Crippen LogP contribution in [0.1, 0.15) is 60.8 Å². The summed E-state index contributed by atoms with van der Waals surface area (Å²) in [7, 11) is 0. The summed E-state index contributed by atoms with van der Waals surface area (Å²) in [5.74, 6) is 0.846. The molecular weight excluding hydrogens is 208 g/mol. The van der Waals surface area contributed by atoms with Crippen molar-refractivity contribution < 1.29 is 0 Å². The quantitative estimate of drug-likeness (QED) is 0.793. The van der Waals surface area contributed by atoms with Gasteiger partial charge in [-0.2, -0.15) is 0 Å². The van der Waals surface area contributed by atoms with E-state index in [1.807, 2.05) is 0 Å². The Hall–Kier alpha value is -0.0800. The van der Waals surface area contributed by atoms with Crippen LogP contribution >= 0.6 is 0 Å². The Labute approximate surface area is 108 Å². The summed E-state index contributed by atoms with van der Waals surface area (Å²) in [4.78, 5) is 2.69. The molecule has 1 aliphatic heterocycles. The lowest BCUT2D eigenvalue weighted by molar-refractivity contribution is 0.0643. The van der Waals surface area contributed by atoms with Crippen LogP contribution in [-0.2, 0) is 0 Å². The van der Waals surface area contributed by atoms with Crippen LogP contribution in [0.25, 0.3) is 0 Å². The van der Waals surface area contributed by atoms with E-state index >= 15 is 0 Å². The second kappa shape index (κ2) is 6.19. The van der Waals surface area contributed by atoms with Crippen LogP contribution in [0.2, 0.25) is 0 Å². The Morgan fingerprint density at radius 3 is 2.47 bits per heavy atom. The molecule has 0 amide bonds. The Balaban J connectivity index is 2.40. The van der Waals surface area contributed by atoms with Crippen molar-refractivity contribution >= 4 is 0 Å². The first kappa shape index (κ1) is 15.0. The molecule has 0 saturated carbocycles. The van der Waals surface area contributed by atoms with Crippen LogP contribution in [0.3, 0.4) is 0 Å². The van der Waals surface area contributed by atoms with Crippen LogP contribution in [0.4, 0.5) is 0 Å². The maximum absolute atomic E-state index is 3.63. The summed E-state index contributed by atoms with van der Waals surface area (Å²) in [6.07, 6.45) is 4.09. The monoisotopic (exact) mass is 240 g/mol. The topological polar surface area (TPSA) is 15.3 Å². The van der Waals surface area contributed by atoms with Crippen molar-refractivity contribution in [3.05, 3.63) is 0 Å².